The van der Waals surface area contributed by atoms with Crippen LogP contribution < -0.4 is 10.0 Å². The van der Waals surface area contributed by atoms with E-state index >= 15 is 0 Å². The summed E-state index contributed by atoms with van der Waals surface area (Å²) in [5.41, 5.74) is 2.76. The highest BCUT2D eigenvalue weighted by molar-refractivity contribution is 7.89. The van der Waals surface area contributed by atoms with E-state index in [9.17, 15) is 13.2 Å². The minimum atomic E-state index is -4.04. The zero-order valence-electron chi connectivity index (χ0n) is 17.4. The summed E-state index contributed by atoms with van der Waals surface area (Å²) in [6.45, 7) is 4.37. The zero-order valence-corrected chi connectivity index (χ0v) is 19.7. The predicted octanol–water partition coefficient (Wildman–Crippen LogP) is 5.43. The average Bonchev–Trinajstić information content (AvgIpc) is 3.08. The number of benzene rings is 3. The Morgan fingerprint density at radius 2 is 1.72 bits per heavy atom. The van der Waals surface area contributed by atoms with Crippen molar-refractivity contribution in [3.05, 3.63) is 70.7 Å². The number of aromatic nitrogens is 1. The highest BCUT2D eigenvalue weighted by atomic mass is 35.5. The molecule has 0 aliphatic heterocycles. The van der Waals surface area contributed by atoms with Gasteiger partial charge in [-0.1, -0.05) is 41.4 Å². The van der Waals surface area contributed by atoms with Crippen LogP contribution >= 0.6 is 23.2 Å². The summed E-state index contributed by atoms with van der Waals surface area (Å²) in [7, 11) is -4.04. The van der Waals surface area contributed by atoms with Gasteiger partial charge in [-0.25, -0.2) is 8.42 Å². The number of aryl methyl sites for hydroxylation is 1. The smallest absolute Gasteiger partial charge is 0.242 e. The Morgan fingerprint density at radius 1 is 1.00 bits per heavy atom. The number of anilines is 1. The van der Waals surface area contributed by atoms with Crippen LogP contribution in [0.3, 0.4) is 0 Å². The molecular formula is C23H21Cl2N3O3S. The van der Waals surface area contributed by atoms with Crippen molar-refractivity contribution < 1.29 is 13.2 Å². The van der Waals surface area contributed by atoms with E-state index in [-0.39, 0.29) is 14.9 Å². The largest absolute Gasteiger partial charge is 0.341 e. The third-order valence-corrected chi connectivity index (χ3v) is 7.52. The van der Waals surface area contributed by atoms with E-state index in [0.717, 1.165) is 28.4 Å². The van der Waals surface area contributed by atoms with Crippen LogP contribution in [0.25, 0.3) is 21.8 Å². The molecule has 166 valence electrons. The minimum absolute atomic E-state index is 0.0206. The average molecular weight is 490 g/mol. The molecule has 0 aliphatic rings. The number of nitrogens with one attached hydrogen (secondary N) is 2. The zero-order chi connectivity index (χ0) is 23.0. The molecule has 0 spiro atoms. The minimum Gasteiger partial charge on any atom is -0.341 e. The third-order valence-electron chi connectivity index (χ3n) is 5.26. The fraction of sp³-hybridized carbons (Fsp3) is 0.174. The van der Waals surface area contributed by atoms with Gasteiger partial charge in [-0.15, -0.1) is 0 Å². The Hall–Kier alpha value is -2.58. The van der Waals surface area contributed by atoms with Crippen molar-refractivity contribution >= 4 is 66.6 Å². The number of para-hydroxylation sites is 1. The quantitative estimate of drug-likeness (QED) is 0.379. The van der Waals surface area contributed by atoms with Crippen molar-refractivity contribution in [2.24, 2.45) is 0 Å². The molecule has 4 aromatic rings. The SMILES string of the molecule is CCn1c2ccccc2c2cc(NC(=O)[C@@H](C)NS(=O)(=O)c3cc(Cl)ccc3Cl)ccc21. The van der Waals surface area contributed by atoms with E-state index in [0.29, 0.717) is 5.69 Å². The number of rotatable bonds is 6. The number of carbonyl (C=O) groups is 1. The van der Waals surface area contributed by atoms with E-state index in [1.165, 1.54) is 25.1 Å². The van der Waals surface area contributed by atoms with Crippen LogP contribution in [0.2, 0.25) is 10.0 Å². The van der Waals surface area contributed by atoms with Crippen LogP contribution in [-0.2, 0) is 21.4 Å². The maximum absolute atomic E-state index is 12.7. The van der Waals surface area contributed by atoms with Gasteiger partial charge in [0.2, 0.25) is 15.9 Å². The van der Waals surface area contributed by atoms with Crippen LogP contribution in [0.15, 0.2) is 65.6 Å². The summed E-state index contributed by atoms with van der Waals surface area (Å²) in [4.78, 5) is 12.6. The second kappa shape index (κ2) is 8.75. The number of hydrogen-bond donors (Lipinski definition) is 2. The standard InChI is InChI=1S/C23H21Cl2N3O3S/c1-3-28-20-7-5-4-6-17(20)18-13-16(9-11-21(18)28)26-23(29)14(2)27-32(30,31)22-12-15(24)8-10-19(22)25/h4-14,27H,3H2,1-2H3,(H,26,29)/t14-/m1/s1. The van der Waals surface area contributed by atoms with Crippen molar-refractivity contribution in [3.8, 4) is 0 Å². The van der Waals surface area contributed by atoms with E-state index in [1.54, 1.807) is 6.07 Å². The van der Waals surface area contributed by atoms with Crippen molar-refractivity contribution in [2.45, 2.75) is 31.3 Å². The van der Waals surface area contributed by atoms with Gasteiger partial charge in [0, 0.05) is 39.1 Å². The predicted molar refractivity (Wildman–Crippen MR) is 130 cm³/mol. The molecule has 4 rings (SSSR count). The Balaban J connectivity index is 1.58. The molecule has 0 fully saturated rings. The fourth-order valence-corrected chi connectivity index (χ4v) is 5.72. The summed E-state index contributed by atoms with van der Waals surface area (Å²) in [5.74, 6) is -0.495. The summed E-state index contributed by atoms with van der Waals surface area (Å²) in [5, 5.41) is 5.14. The molecule has 0 aliphatic carbocycles. The van der Waals surface area contributed by atoms with Crippen molar-refractivity contribution in [1.29, 1.82) is 0 Å². The topological polar surface area (TPSA) is 80.2 Å². The second-order valence-electron chi connectivity index (χ2n) is 7.40. The van der Waals surface area contributed by atoms with E-state index in [1.807, 2.05) is 30.3 Å². The summed E-state index contributed by atoms with van der Waals surface area (Å²) in [6, 6.07) is 16.8. The molecule has 32 heavy (non-hydrogen) atoms. The molecule has 6 nitrogen and oxygen atoms in total. The first-order valence-electron chi connectivity index (χ1n) is 10.0. The lowest BCUT2D eigenvalue weighted by atomic mass is 10.1. The summed E-state index contributed by atoms with van der Waals surface area (Å²) in [6.07, 6.45) is 0. The molecule has 1 amide bonds. The van der Waals surface area contributed by atoms with Gasteiger partial charge in [0.15, 0.2) is 0 Å². The fourth-order valence-electron chi connectivity index (χ4n) is 3.76. The molecule has 2 N–H and O–H groups in total. The van der Waals surface area contributed by atoms with E-state index < -0.39 is 22.0 Å². The molecule has 1 atom stereocenters. The van der Waals surface area contributed by atoms with Crippen molar-refractivity contribution in [3.63, 3.8) is 0 Å². The maximum Gasteiger partial charge on any atom is 0.242 e. The molecule has 1 aromatic heterocycles. The van der Waals surface area contributed by atoms with Crippen LogP contribution in [0.1, 0.15) is 13.8 Å². The monoisotopic (exact) mass is 489 g/mol. The van der Waals surface area contributed by atoms with Gasteiger partial charge in [0.25, 0.3) is 0 Å². The molecule has 0 saturated heterocycles. The van der Waals surface area contributed by atoms with E-state index in [2.05, 4.69) is 27.6 Å². The van der Waals surface area contributed by atoms with Gasteiger partial charge >= 0.3 is 0 Å². The molecule has 0 unspecified atom stereocenters. The molecule has 3 aromatic carbocycles. The molecule has 0 saturated carbocycles. The van der Waals surface area contributed by atoms with Gasteiger partial charge in [-0.3, -0.25) is 4.79 Å². The first-order valence-corrected chi connectivity index (χ1v) is 12.2. The van der Waals surface area contributed by atoms with Crippen LogP contribution in [0.4, 0.5) is 5.69 Å². The number of amides is 1. The first-order chi connectivity index (χ1) is 15.2. The van der Waals surface area contributed by atoms with Crippen LogP contribution in [0, 0.1) is 0 Å². The number of fused-ring (bicyclic) bond motifs is 3. The van der Waals surface area contributed by atoms with Crippen molar-refractivity contribution in [2.75, 3.05) is 5.32 Å². The molecule has 9 heteroatoms. The normalized spacial score (nSPS) is 12.9. The lowest BCUT2D eigenvalue weighted by Crippen LogP contribution is -2.41. The van der Waals surface area contributed by atoms with Gasteiger partial charge in [-0.2, -0.15) is 4.72 Å². The molecular weight excluding hydrogens is 469 g/mol. The summed E-state index contributed by atoms with van der Waals surface area (Å²) >= 11 is 11.9. The Morgan fingerprint density at radius 3 is 2.47 bits per heavy atom. The lowest BCUT2D eigenvalue weighted by Gasteiger charge is -2.15. The Kier molecular flexibility index (Phi) is 6.18. The van der Waals surface area contributed by atoms with Crippen LogP contribution in [0.5, 0.6) is 0 Å². The molecule has 1 heterocycles. The highest BCUT2D eigenvalue weighted by Crippen LogP contribution is 2.31. The highest BCUT2D eigenvalue weighted by Gasteiger charge is 2.24. The third kappa shape index (κ3) is 4.21. The van der Waals surface area contributed by atoms with Gasteiger partial charge in [-0.05, 0) is 56.3 Å². The first kappa shape index (κ1) is 22.6. The maximum atomic E-state index is 12.7. The van der Waals surface area contributed by atoms with Gasteiger partial charge < -0.3 is 9.88 Å². The number of sulfonamides is 1. The molecule has 0 bridgehead atoms. The summed E-state index contributed by atoms with van der Waals surface area (Å²) < 4.78 is 29.9. The molecule has 0 radical (unpaired) electrons. The van der Waals surface area contributed by atoms with E-state index in [4.69, 9.17) is 23.2 Å². The Bertz CT molecular complexity index is 1450. The van der Waals surface area contributed by atoms with Crippen molar-refractivity contribution in [1.82, 2.24) is 9.29 Å². The van der Waals surface area contributed by atoms with Crippen LogP contribution in [-0.4, -0.2) is 24.9 Å². The second-order valence-corrected chi connectivity index (χ2v) is 9.93. The number of carbonyl (C=O) groups excluding carboxylic acids is 1. The van der Waals surface area contributed by atoms with Gasteiger partial charge in [0.1, 0.15) is 4.90 Å². The number of halogens is 2. The number of nitrogens with zero attached hydrogens (tertiary/aromatic N) is 1. The number of hydrogen-bond acceptors (Lipinski definition) is 3. The Labute approximate surface area is 196 Å². The van der Waals surface area contributed by atoms with Gasteiger partial charge in [0.05, 0.1) is 11.1 Å². The lowest BCUT2D eigenvalue weighted by molar-refractivity contribution is -0.117.